The zero-order chi connectivity index (χ0) is 9.90. The van der Waals surface area contributed by atoms with E-state index in [0.717, 1.165) is 12.8 Å². The highest BCUT2D eigenvalue weighted by atomic mass is 16.2. The standard InChI is InChI=1S/C11H18O2/c1-11(2)6-5-10(13)8-9(11)4-3-7-12/h5-6,9,12H,3-4,7-8H2,1-2H3. The van der Waals surface area contributed by atoms with Gasteiger partial charge in [0.15, 0.2) is 5.78 Å². The van der Waals surface area contributed by atoms with Crippen molar-refractivity contribution in [2.24, 2.45) is 11.3 Å². The number of allylic oxidation sites excluding steroid dienone is 2. The fourth-order valence-corrected chi connectivity index (χ4v) is 1.83. The molecule has 2 heteroatoms. The number of hydrogen-bond acceptors (Lipinski definition) is 2. The number of hydrogen-bond donors (Lipinski definition) is 1. The lowest BCUT2D eigenvalue weighted by Crippen LogP contribution is -2.28. The molecule has 13 heavy (non-hydrogen) atoms. The molecule has 1 aliphatic rings. The molecule has 1 rings (SSSR count). The van der Waals surface area contributed by atoms with Gasteiger partial charge in [-0.3, -0.25) is 4.79 Å². The van der Waals surface area contributed by atoms with Crippen LogP contribution >= 0.6 is 0 Å². The van der Waals surface area contributed by atoms with Crippen molar-refractivity contribution in [2.45, 2.75) is 33.1 Å². The van der Waals surface area contributed by atoms with Crippen LogP contribution in [0.5, 0.6) is 0 Å². The SMILES string of the molecule is CC1(C)C=CC(=O)CC1CCCO. The number of ketones is 1. The van der Waals surface area contributed by atoms with Crippen molar-refractivity contribution in [2.75, 3.05) is 6.61 Å². The summed E-state index contributed by atoms with van der Waals surface area (Å²) in [4.78, 5) is 11.2. The number of carbonyl (C=O) groups is 1. The van der Waals surface area contributed by atoms with Crippen molar-refractivity contribution in [3.05, 3.63) is 12.2 Å². The predicted molar refractivity (Wildman–Crippen MR) is 52.4 cm³/mol. The lowest BCUT2D eigenvalue weighted by molar-refractivity contribution is -0.117. The van der Waals surface area contributed by atoms with E-state index in [0.29, 0.717) is 12.3 Å². The van der Waals surface area contributed by atoms with E-state index in [4.69, 9.17) is 5.11 Å². The van der Waals surface area contributed by atoms with Crippen LogP contribution in [0.4, 0.5) is 0 Å². The Hall–Kier alpha value is -0.630. The minimum atomic E-state index is 0.114. The van der Waals surface area contributed by atoms with E-state index in [-0.39, 0.29) is 17.8 Å². The van der Waals surface area contributed by atoms with E-state index in [9.17, 15) is 4.79 Å². The van der Waals surface area contributed by atoms with Crippen LogP contribution < -0.4 is 0 Å². The Balaban J connectivity index is 2.61. The molecule has 74 valence electrons. The second kappa shape index (κ2) is 4.05. The predicted octanol–water partition coefficient (Wildman–Crippen LogP) is 1.93. The molecule has 2 nitrogen and oxygen atoms in total. The summed E-state index contributed by atoms with van der Waals surface area (Å²) in [5.41, 5.74) is 0.114. The Morgan fingerprint density at radius 1 is 1.62 bits per heavy atom. The zero-order valence-electron chi connectivity index (χ0n) is 8.42. The molecule has 0 amide bonds. The fraction of sp³-hybridized carbons (Fsp3) is 0.727. The van der Waals surface area contributed by atoms with Gasteiger partial charge in [-0.05, 0) is 30.3 Å². The first-order valence-corrected chi connectivity index (χ1v) is 4.89. The highest BCUT2D eigenvalue weighted by Crippen LogP contribution is 2.37. The molecule has 1 N–H and O–H groups in total. The first-order chi connectivity index (χ1) is 6.06. The second-order valence-corrected chi connectivity index (χ2v) is 4.39. The molecule has 1 atom stereocenters. The molecular weight excluding hydrogens is 164 g/mol. The first-order valence-electron chi connectivity index (χ1n) is 4.89. The molecule has 0 aromatic heterocycles. The fourth-order valence-electron chi connectivity index (χ4n) is 1.83. The van der Waals surface area contributed by atoms with Crippen LogP contribution in [0.2, 0.25) is 0 Å². The molecule has 0 fully saturated rings. The number of aliphatic hydroxyl groups excluding tert-OH is 1. The average Bonchev–Trinajstić information content (AvgIpc) is 2.07. The van der Waals surface area contributed by atoms with E-state index in [1.165, 1.54) is 0 Å². The van der Waals surface area contributed by atoms with E-state index in [1.807, 2.05) is 6.08 Å². The third-order valence-electron chi connectivity index (χ3n) is 2.91. The quantitative estimate of drug-likeness (QED) is 0.724. The van der Waals surface area contributed by atoms with Gasteiger partial charge in [0.05, 0.1) is 0 Å². The molecule has 0 saturated carbocycles. The van der Waals surface area contributed by atoms with Gasteiger partial charge in [0, 0.05) is 13.0 Å². The van der Waals surface area contributed by atoms with Crippen LogP contribution in [0.3, 0.4) is 0 Å². The third kappa shape index (κ3) is 2.66. The Bertz CT molecular complexity index is 216. The van der Waals surface area contributed by atoms with Gasteiger partial charge in [-0.15, -0.1) is 0 Å². The molecule has 0 saturated heterocycles. The monoisotopic (exact) mass is 182 g/mol. The van der Waals surface area contributed by atoms with E-state index in [2.05, 4.69) is 13.8 Å². The van der Waals surface area contributed by atoms with Crippen molar-refractivity contribution < 1.29 is 9.90 Å². The third-order valence-corrected chi connectivity index (χ3v) is 2.91. The van der Waals surface area contributed by atoms with Crippen molar-refractivity contribution in [3.63, 3.8) is 0 Å². The minimum absolute atomic E-state index is 0.114. The van der Waals surface area contributed by atoms with Crippen molar-refractivity contribution in [1.82, 2.24) is 0 Å². The van der Waals surface area contributed by atoms with E-state index < -0.39 is 0 Å². The molecule has 1 aliphatic carbocycles. The van der Waals surface area contributed by atoms with Gasteiger partial charge in [0.1, 0.15) is 0 Å². The summed E-state index contributed by atoms with van der Waals surface area (Å²) in [7, 11) is 0. The zero-order valence-corrected chi connectivity index (χ0v) is 8.42. The van der Waals surface area contributed by atoms with Gasteiger partial charge in [0.25, 0.3) is 0 Å². The summed E-state index contributed by atoms with van der Waals surface area (Å²) < 4.78 is 0. The van der Waals surface area contributed by atoms with E-state index >= 15 is 0 Å². The summed E-state index contributed by atoms with van der Waals surface area (Å²) in [6, 6.07) is 0. The maximum Gasteiger partial charge on any atom is 0.155 e. The van der Waals surface area contributed by atoms with Crippen LogP contribution in [0.15, 0.2) is 12.2 Å². The summed E-state index contributed by atoms with van der Waals surface area (Å²) in [5, 5.41) is 8.73. The molecule has 0 aromatic carbocycles. The summed E-state index contributed by atoms with van der Waals surface area (Å²) in [6.07, 6.45) is 6.08. The maximum absolute atomic E-state index is 11.2. The Morgan fingerprint density at radius 2 is 2.31 bits per heavy atom. The summed E-state index contributed by atoms with van der Waals surface area (Å²) in [6.45, 7) is 4.53. The van der Waals surface area contributed by atoms with Gasteiger partial charge in [-0.25, -0.2) is 0 Å². The van der Waals surface area contributed by atoms with Gasteiger partial charge in [-0.2, -0.15) is 0 Å². The summed E-state index contributed by atoms with van der Waals surface area (Å²) >= 11 is 0. The van der Waals surface area contributed by atoms with Crippen molar-refractivity contribution in [3.8, 4) is 0 Å². The molecule has 1 unspecified atom stereocenters. The van der Waals surface area contributed by atoms with E-state index in [1.54, 1.807) is 6.08 Å². The minimum Gasteiger partial charge on any atom is -0.396 e. The lowest BCUT2D eigenvalue weighted by atomic mass is 9.71. The molecular formula is C11H18O2. The molecule has 0 spiro atoms. The average molecular weight is 182 g/mol. The van der Waals surface area contributed by atoms with Crippen LogP contribution in [0.1, 0.15) is 33.1 Å². The second-order valence-electron chi connectivity index (χ2n) is 4.39. The summed E-state index contributed by atoms with van der Waals surface area (Å²) in [5.74, 6) is 0.624. The first kappa shape index (κ1) is 10.5. The Morgan fingerprint density at radius 3 is 2.92 bits per heavy atom. The number of carbonyl (C=O) groups excluding carboxylic acids is 1. The Kier molecular flexibility index (Phi) is 3.26. The molecule has 0 aromatic rings. The van der Waals surface area contributed by atoms with Crippen LogP contribution in [-0.4, -0.2) is 17.5 Å². The normalized spacial score (nSPS) is 26.4. The molecule has 0 aliphatic heterocycles. The molecule has 0 bridgehead atoms. The Labute approximate surface area is 79.6 Å². The van der Waals surface area contributed by atoms with Gasteiger partial charge in [0.2, 0.25) is 0 Å². The maximum atomic E-state index is 11.2. The largest absolute Gasteiger partial charge is 0.396 e. The molecule has 0 heterocycles. The van der Waals surface area contributed by atoms with Gasteiger partial charge >= 0.3 is 0 Å². The van der Waals surface area contributed by atoms with Crippen LogP contribution in [-0.2, 0) is 4.79 Å². The van der Waals surface area contributed by atoms with Gasteiger partial charge in [-0.1, -0.05) is 19.9 Å². The topological polar surface area (TPSA) is 37.3 Å². The number of aliphatic hydroxyl groups is 1. The van der Waals surface area contributed by atoms with Gasteiger partial charge < -0.3 is 5.11 Å². The van der Waals surface area contributed by atoms with Crippen LogP contribution in [0, 0.1) is 11.3 Å². The lowest BCUT2D eigenvalue weighted by Gasteiger charge is -2.33. The smallest absolute Gasteiger partial charge is 0.155 e. The highest BCUT2D eigenvalue weighted by Gasteiger charge is 2.31. The highest BCUT2D eigenvalue weighted by molar-refractivity contribution is 5.90. The molecule has 0 radical (unpaired) electrons. The number of rotatable bonds is 3. The van der Waals surface area contributed by atoms with Crippen LogP contribution in [0.25, 0.3) is 0 Å². The van der Waals surface area contributed by atoms with Crippen molar-refractivity contribution in [1.29, 1.82) is 0 Å². The van der Waals surface area contributed by atoms with Crippen molar-refractivity contribution >= 4 is 5.78 Å².